The smallest absolute Gasteiger partial charge is 0.333 e. The minimum Gasteiger partial charge on any atom is -0.333 e. The maximum Gasteiger partial charge on any atom is 0.416 e. The van der Waals surface area contributed by atoms with Gasteiger partial charge in [0.2, 0.25) is 15.9 Å². The van der Waals surface area contributed by atoms with Gasteiger partial charge in [0.15, 0.2) is 0 Å². The van der Waals surface area contributed by atoms with Gasteiger partial charge in [-0.25, -0.2) is 13.1 Å². The van der Waals surface area contributed by atoms with Crippen LogP contribution in [-0.4, -0.2) is 44.9 Å². The molecule has 1 saturated carbocycles. The molecular weight excluding hydrogens is 503 g/mol. The summed E-state index contributed by atoms with van der Waals surface area (Å²) in [5.74, 6) is -0.134. The molecule has 0 spiro atoms. The van der Waals surface area contributed by atoms with E-state index in [0.29, 0.717) is 50.3 Å². The van der Waals surface area contributed by atoms with E-state index >= 15 is 0 Å². The zero-order valence-corrected chi connectivity index (χ0v) is 20.5. The van der Waals surface area contributed by atoms with Crippen molar-refractivity contribution in [3.8, 4) is 0 Å². The third-order valence-corrected chi connectivity index (χ3v) is 8.46. The Bertz CT molecular complexity index is 1130. The lowest BCUT2D eigenvalue weighted by Gasteiger charge is -2.40. The molecule has 1 saturated heterocycles. The van der Waals surface area contributed by atoms with Crippen molar-refractivity contribution >= 4 is 27.5 Å². The second kappa shape index (κ2) is 10.5. The summed E-state index contributed by atoms with van der Waals surface area (Å²) in [7, 11) is -3.96. The van der Waals surface area contributed by atoms with Gasteiger partial charge in [-0.1, -0.05) is 23.7 Å². The SMILES string of the molecule is O=C([C@H]1CC[C@H](NS(=O)(=O)c2ccc(C(F)(F)F)cc2)CC1)N1CCNC[C@@H]1c1ccc(Cl)cc1. The first-order valence-corrected chi connectivity index (χ1v) is 13.4. The lowest BCUT2D eigenvalue weighted by Crippen LogP contribution is -2.51. The Morgan fingerprint density at radius 1 is 1.00 bits per heavy atom. The highest BCUT2D eigenvalue weighted by molar-refractivity contribution is 7.89. The molecule has 1 amide bonds. The number of halogens is 4. The maximum absolute atomic E-state index is 13.4. The predicted molar refractivity (Wildman–Crippen MR) is 126 cm³/mol. The van der Waals surface area contributed by atoms with Crippen molar-refractivity contribution in [1.82, 2.24) is 14.9 Å². The van der Waals surface area contributed by atoms with Crippen LogP contribution in [0.5, 0.6) is 0 Å². The van der Waals surface area contributed by atoms with Crippen LogP contribution in [0.4, 0.5) is 13.2 Å². The van der Waals surface area contributed by atoms with Gasteiger partial charge >= 0.3 is 6.18 Å². The third-order valence-electron chi connectivity index (χ3n) is 6.67. The molecule has 0 radical (unpaired) electrons. The second-order valence-corrected chi connectivity index (χ2v) is 11.1. The fourth-order valence-corrected chi connectivity index (χ4v) is 6.19. The Balaban J connectivity index is 1.36. The molecular formula is C24H27ClF3N3O3S. The number of nitrogens with one attached hydrogen (secondary N) is 2. The molecule has 0 aromatic heterocycles. The number of alkyl halides is 3. The van der Waals surface area contributed by atoms with Gasteiger partial charge < -0.3 is 10.2 Å². The number of carbonyl (C=O) groups excluding carboxylic acids is 1. The van der Waals surface area contributed by atoms with Crippen LogP contribution in [0.3, 0.4) is 0 Å². The van der Waals surface area contributed by atoms with E-state index in [1.165, 1.54) is 0 Å². The fourth-order valence-electron chi connectivity index (χ4n) is 4.75. The highest BCUT2D eigenvalue weighted by Gasteiger charge is 2.36. The summed E-state index contributed by atoms with van der Waals surface area (Å²) in [5, 5.41) is 3.96. The lowest BCUT2D eigenvalue weighted by molar-refractivity contribution is -0.140. The van der Waals surface area contributed by atoms with Crippen molar-refractivity contribution < 1.29 is 26.4 Å². The van der Waals surface area contributed by atoms with E-state index in [9.17, 15) is 26.4 Å². The lowest BCUT2D eigenvalue weighted by atomic mass is 9.85. The van der Waals surface area contributed by atoms with Gasteiger partial charge in [-0.3, -0.25) is 4.79 Å². The number of carbonyl (C=O) groups is 1. The second-order valence-electron chi connectivity index (χ2n) is 9.00. The van der Waals surface area contributed by atoms with Gasteiger partial charge in [-0.05, 0) is 67.6 Å². The van der Waals surface area contributed by atoms with E-state index in [0.717, 1.165) is 29.8 Å². The summed E-state index contributed by atoms with van der Waals surface area (Å²) in [4.78, 5) is 15.1. The minimum absolute atomic E-state index is 0.0653. The standard InChI is InChI=1S/C24H27ClF3N3O3S/c25-19-7-1-16(2-8-19)22-15-29-13-14-31(22)23(32)17-3-9-20(10-4-17)30-35(33,34)21-11-5-18(6-12-21)24(26,27)28/h1-2,5-8,11-12,17,20,22,29-30H,3-4,9-10,13-15H2/t17-,20-,22-/m1/s1. The van der Waals surface area contributed by atoms with Gasteiger partial charge in [-0.2, -0.15) is 13.2 Å². The average molecular weight is 530 g/mol. The predicted octanol–water partition coefficient (Wildman–Crippen LogP) is 4.37. The number of piperazine rings is 1. The van der Waals surface area contributed by atoms with E-state index in [4.69, 9.17) is 11.6 Å². The number of hydrogen-bond donors (Lipinski definition) is 2. The van der Waals surface area contributed by atoms with Crippen molar-refractivity contribution in [1.29, 1.82) is 0 Å². The summed E-state index contributed by atoms with van der Waals surface area (Å²) in [5.41, 5.74) is 0.105. The van der Waals surface area contributed by atoms with Gasteiger partial charge in [-0.15, -0.1) is 0 Å². The molecule has 1 heterocycles. The molecule has 190 valence electrons. The van der Waals surface area contributed by atoms with Crippen LogP contribution >= 0.6 is 11.6 Å². The molecule has 2 aliphatic rings. The normalized spacial score (nSPS) is 23.8. The molecule has 2 aromatic rings. The van der Waals surface area contributed by atoms with E-state index in [2.05, 4.69) is 10.0 Å². The largest absolute Gasteiger partial charge is 0.416 e. The Morgan fingerprint density at radius 3 is 2.23 bits per heavy atom. The molecule has 6 nitrogen and oxygen atoms in total. The summed E-state index contributed by atoms with van der Waals surface area (Å²) < 4.78 is 66.2. The van der Waals surface area contributed by atoms with Crippen LogP contribution in [-0.2, 0) is 21.0 Å². The van der Waals surface area contributed by atoms with Crippen LogP contribution in [0.1, 0.15) is 42.9 Å². The average Bonchev–Trinajstić information content (AvgIpc) is 2.84. The van der Waals surface area contributed by atoms with E-state index in [1.54, 1.807) is 0 Å². The van der Waals surface area contributed by atoms with E-state index in [1.807, 2.05) is 29.2 Å². The van der Waals surface area contributed by atoms with Crippen molar-refractivity contribution in [3.05, 3.63) is 64.7 Å². The molecule has 1 atom stereocenters. The number of rotatable bonds is 5. The summed E-state index contributed by atoms with van der Waals surface area (Å²) in [6.45, 7) is 1.94. The molecule has 2 N–H and O–H groups in total. The van der Waals surface area contributed by atoms with Gasteiger partial charge in [0.1, 0.15) is 0 Å². The number of sulfonamides is 1. The topological polar surface area (TPSA) is 78.5 Å². The molecule has 1 aliphatic carbocycles. The molecule has 2 fully saturated rings. The highest BCUT2D eigenvalue weighted by Crippen LogP contribution is 2.32. The third kappa shape index (κ3) is 6.17. The number of amides is 1. The van der Waals surface area contributed by atoms with Crippen molar-refractivity contribution in [2.24, 2.45) is 5.92 Å². The molecule has 11 heteroatoms. The monoisotopic (exact) mass is 529 g/mol. The summed E-state index contributed by atoms with van der Waals surface area (Å²) in [6, 6.07) is 10.4. The molecule has 0 unspecified atom stereocenters. The van der Waals surface area contributed by atoms with Crippen LogP contribution in [0.15, 0.2) is 53.4 Å². The maximum atomic E-state index is 13.4. The van der Waals surface area contributed by atoms with Crippen LogP contribution in [0, 0.1) is 5.92 Å². The number of nitrogens with zero attached hydrogens (tertiary/aromatic N) is 1. The van der Waals surface area contributed by atoms with E-state index in [-0.39, 0.29) is 28.8 Å². The highest BCUT2D eigenvalue weighted by atomic mass is 35.5. The van der Waals surface area contributed by atoms with E-state index < -0.39 is 21.8 Å². The summed E-state index contributed by atoms with van der Waals surface area (Å²) >= 11 is 6.00. The first-order valence-electron chi connectivity index (χ1n) is 11.5. The molecule has 0 bridgehead atoms. The Morgan fingerprint density at radius 2 is 1.63 bits per heavy atom. The van der Waals surface area contributed by atoms with Gasteiger partial charge in [0.05, 0.1) is 16.5 Å². The van der Waals surface area contributed by atoms with Gasteiger partial charge in [0.25, 0.3) is 0 Å². The van der Waals surface area contributed by atoms with Crippen molar-refractivity contribution in [2.75, 3.05) is 19.6 Å². The Kier molecular flexibility index (Phi) is 7.75. The van der Waals surface area contributed by atoms with Crippen LogP contribution < -0.4 is 10.0 Å². The quantitative estimate of drug-likeness (QED) is 0.603. The van der Waals surface area contributed by atoms with Crippen LogP contribution in [0.2, 0.25) is 5.02 Å². The minimum atomic E-state index is -4.53. The molecule has 35 heavy (non-hydrogen) atoms. The fraction of sp³-hybridized carbons (Fsp3) is 0.458. The molecule has 1 aliphatic heterocycles. The zero-order chi connectivity index (χ0) is 25.2. The first-order chi connectivity index (χ1) is 16.5. The summed E-state index contributed by atoms with van der Waals surface area (Å²) in [6.07, 6.45) is -2.49. The number of benzene rings is 2. The zero-order valence-electron chi connectivity index (χ0n) is 18.9. The molecule has 4 rings (SSSR count). The Labute approximate surface area is 207 Å². The first kappa shape index (κ1) is 25.9. The Hall–Kier alpha value is -2.14. The number of hydrogen-bond acceptors (Lipinski definition) is 4. The van der Waals surface area contributed by atoms with Gasteiger partial charge in [0, 0.05) is 36.6 Å². The van der Waals surface area contributed by atoms with Crippen molar-refractivity contribution in [3.63, 3.8) is 0 Å². The molecule has 2 aromatic carbocycles. The van der Waals surface area contributed by atoms with Crippen LogP contribution in [0.25, 0.3) is 0 Å². The van der Waals surface area contributed by atoms with Crippen molar-refractivity contribution in [2.45, 2.75) is 48.8 Å².